The highest BCUT2D eigenvalue weighted by molar-refractivity contribution is 4.99. The van der Waals surface area contributed by atoms with Gasteiger partial charge in [-0.15, -0.1) is 0 Å². The van der Waals surface area contributed by atoms with Gasteiger partial charge >= 0.3 is 0 Å². The summed E-state index contributed by atoms with van der Waals surface area (Å²) >= 11 is 0. The molecule has 0 saturated heterocycles. The van der Waals surface area contributed by atoms with E-state index >= 15 is 0 Å². The molecule has 0 aliphatic heterocycles. The molecule has 3 heteroatoms. The zero-order chi connectivity index (χ0) is 6.85. The van der Waals surface area contributed by atoms with Crippen molar-refractivity contribution in [2.45, 2.75) is 13.8 Å². The molecule has 0 aliphatic carbocycles. The Morgan fingerprint density at radius 1 is 1.56 bits per heavy atom. The van der Waals surface area contributed by atoms with Crippen LogP contribution in [0.5, 0.6) is 0 Å². The van der Waals surface area contributed by atoms with Crippen molar-refractivity contribution in [3.8, 4) is 0 Å². The molecular formula is C6H8N2O. The summed E-state index contributed by atoms with van der Waals surface area (Å²) in [5, 5.41) is 10.7. The SMILES string of the molecule is Cc1ncc[n+]([O-])c1C. The van der Waals surface area contributed by atoms with Crippen molar-refractivity contribution in [2.24, 2.45) is 0 Å². The van der Waals surface area contributed by atoms with Crippen molar-refractivity contribution in [2.75, 3.05) is 0 Å². The Kier molecular flexibility index (Phi) is 1.34. The first kappa shape index (κ1) is 6.01. The van der Waals surface area contributed by atoms with Crippen LogP contribution in [0.3, 0.4) is 0 Å². The van der Waals surface area contributed by atoms with E-state index in [1.165, 1.54) is 12.4 Å². The van der Waals surface area contributed by atoms with Crippen molar-refractivity contribution in [1.29, 1.82) is 0 Å². The summed E-state index contributed by atoms with van der Waals surface area (Å²) < 4.78 is 0.808. The van der Waals surface area contributed by atoms with Crippen LogP contribution < -0.4 is 4.73 Å². The van der Waals surface area contributed by atoms with Crippen LogP contribution in [-0.2, 0) is 0 Å². The van der Waals surface area contributed by atoms with Crippen LogP contribution in [-0.4, -0.2) is 4.98 Å². The van der Waals surface area contributed by atoms with Crippen LogP contribution in [0.25, 0.3) is 0 Å². The van der Waals surface area contributed by atoms with E-state index < -0.39 is 0 Å². The Labute approximate surface area is 53.6 Å². The van der Waals surface area contributed by atoms with Crippen LogP contribution in [0.15, 0.2) is 12.4 Å². The van der Waals surface area contributed by atoms with Crippen molar-refractivity contribution in [1.82, 2.24) is 4.98 Å². The summed E-state index contributed by atoms with van der Waals surface area (Å²) in [6.07, 6.45) is 2.89. The molecular weight excluding hydrogens is 116 g/mol. The molecule has 3 nitrogen and oxygen atoms in total. The lowest BCUT2D eigenvalue weighted by molar-refractivity contribution is -0.613. The zero-order valence-corrected chi connectivity index (χ0v) is 5.46. The fourth-order valence-electron chi connectivity index (χ4n) is 0.570. The van der Waals surface area contributed by atoms with Crippen LogP contribution in [0.1, 0.15) is 11.4 Å². The first-order chi connectivity index (χ1) is 4.22. The van der Waals surface area contributed by atoms with Gasteiger partial charge < -0.3 is 5.21 Å². The minimum Gasteiger partial charge on any atom is -0.618 e. The molecule has 0 aliphatic rings. The lowest BCUT2D eigenvalue weighted by atomic mass is 10.4. The van der Waals surface area contributed by atoms with E-state index in [-0.39, 0.29) is 0 Å². The van der Waals surface area contributed by atoms with Gasteiger partial charge in [-0.1, -0.05) is 0 Å². The van der Waals surface area contributed by atoms with Gasteiger partial charge in [0.25, 0.3) is 0 Å². The number of hydrogen-bond acceptors (Lipinski definition) is 2. The molecule has 9 heavy (non-hydrogen) atoms. The highest BCUT2D eigenvalue weighted by atomic mass is 16.5. The summed E-state index contributed by atoms with van der Waals surface area (Å²) in [4.78, 5) is 3.92. The predicted octanol–water partition coefficient (Wildman–Crippen LogP) is 0.332. The summed E-state index contributed by atoms with van der Waals surface area (Å²) in [6.45, 7) is 3.55. The van der Waals surface area contributed by atoms with Crippen LogP contribution in [0.2, 0.25) is 0 Å². The molecule has 1 aromatic rings. The largest absolute Gasteiger partial charge is 0.618 e. The third-order valence-electron chi connectivity index (χ3n) is 1.32. The van der Waals surface area contributed by atoms with Crippen molar-refractivity contribution < 1.29 is 4.73 Å². The van der Waals surface area contributed by atoms with Gasteiger partial charge in [-0.05, 0) is 6.92 Å². The highest BCUT2D eigenvalue weighted by Crippen LogP contribution is 1.91. The number of aryl methyl sites for hydroxylation is 1. The summed E-state index contributed by atoms with van der Waals surface area (Å²) in [5.41, 5.74) is 1.45. The average molecular weight is 124 g/mol. The molecule has 0 spiro atoms. The van der Waals surface area contributed by atoms with Crippen molar-refractivity contribution >= 4 is 0 Å². The first-order valence-electron chi connectivity index (χ1n) is 2.73. The Balaban J connectivity index is 3.25. The van der Waals surface area contributed by atoms with E-state index in [2.05, 4.69) is 4.98 Å². The number of nitrogens with zero attached hydrogens (tertiary/aromatic N) is 2. The maximum absolute atomic E-state index is 10.7. The van der Waals surface area contributed by atoms with E-state index in [1.54, 1.807) is 6.92 Å². The Morgan fingerprint density at radius 2 is 2.22 bits per heavy atom. The molecule has 1 heterocycles. The minimum absolute atomic E-state index is 0.664. The Hall–Kier alpha value is -1.12. The van der Waals surface area contributed by atoms with Crippen LogP contribution in [0.4, 0.5) is 0 Å². The smallest absolute Gasteiger partial charge is 0.210 e. The first-order valence-corrected chi connectivity index (χ1v) is 2.73. The third kappa shape index (κ3) is 0.988. The number of rotatable bonds is 0. The predicted molar refractivity (Wildman–Crippen MR) is 32.7 cm³/mol. The summed E-state index contributed by atoms with van der Waals surface area (Å²) in [6, 6.07) is 0. The van der Waals surface area contributed by atoms with Gasteiger partial charge in [0.2, 0.25) is 5.69 Å². The van der Waals surface area contributed by atoms with E-state index in [4.69, 9.17) is 0 Å². The zero-order valence-electron chi connectivity index (χ0n) is 5.46. The van der Waals surface area contributed by atoms with Gasteiger partial charge in [0.05, 0.1) is 6.20 Å². The van der Waals surface area contributed by atoms with E-state index in [1.807, 2.05) is 6.92 Å². The van der Waals surface area contributed by atoms with Crippen molar-refractivity contribution in [3.63, 3.8) is 0 Å². The standard InChI is InChI=1S/C6H8N2O/c1-5-6(2)8(9)4-3-7-5/h3-4H,1-2H3. The lowest BCUT2D eigenvalue weighted by Gasteiger charge is -1.99. The molecule has 0 atom stereocenters. The minimum atomic E-state index is 0.664. The van der Waals surface area contributed by atoms with Gasteiger partial charge in [-0.25, -0.2) is 4.98 Å². The second-order valence-electron chi connectivity index (χ2n) is 1.92. The Morgan fingerprint density at radius 3 is 2.67 bits per heavy atom. The summed E-state index contributed by atoms with van der Waals surface area (Å²) in [7, 11) is 0. The molecule has 0 fully saturated rings. The topological polar surface area (TPSA) is 39.8 Å². The lowest BCUT2D eigenvalue weighted by Crippen LogP contribution is -2.30. The van der Waals surface area contributed by atoms with Crippen molar-refractivity contribution in [3.05, 3.63) is 29.0 Å². The molecule has 0 unspecified atom stereocenters. The Bertz CT molecular complexity index is 202. The molecule has 0 amide bonds. The van der Waals surface area contributed by atoms with E-state index in [0.717, 1.165) is 10.4 Å². The van der Waals surface area contributed by atoms with Crippen LogP contribution in [0, 0.1) is 19.1 Å². The molecule has 1 aromatic heterocycles. The second-order valence-corrected chi connectivity index (χ2v) is 1.92. The third-order valence-corrected chi connectivity index (χ3v) is 1.32. The normalized spacial score (nSPS) is 9.56. The van der Waals surface area contributed by atoms with E-state index in [0.29, 0.717) is 5.69 Å². The second kappa shape index (κ2) is 2.01. The molecule has 0 aromatic carbocycles. The molecule has 0 radical (unpaired) electrons. The molecule has 1 rings (SSSR count). The monoisotopic (exact) mass is 124 g/mol. The van der Waals surface area contributed by atoms with Gasteiger partial charge in [0.15, 0.2) is 6.20 Å². The van der Waals surface area contributed by atoms with Gasteiger partial charge in [-0.3, -0.25) is 0 Å². The molecule has 0 saturated carbocycles. The van der Waals surface area contributed by atoms with Crippen LogP contribution >= 0.6 is 0 Å². The maximum atomic E-state index is 10.7. The number of aromatic nitrogens is 2. The van der Waals surface area contributed by atoms with Gasteiger partial charge in [0.1, 0.15) is 5.69 Å². The van der Waals surface area contributed by atoms with Gasteiger partial charge in [-0.2, -0.15) is 4.73 Å². The maximum Gasteiger partial charge on any atom is 0.210 e. The quantitative estimate of drug-likeness (QED) is 0.369. The highest BCUT2D eigenvalue weighted by Gasteiger charge is 1.99. The van der Waals surface area contributed by atoms with Gasteiger partial charge in [0, 0.05) is 6.92 Å². The fourth-order valence-corrected chi connectivity index (χ4v) is 0.570. The van der Waals surface area contributed by atoms with E-state index in [9.17, 15) is 5.21 Å². The number of hydrogen-bond donors (Lipinski definition) is 0. The summed E-state index contributed by atoms with van der Waals surface area (Å²) in [5.74, 6) is 0. The molecule has 0 bridgehead atoms. The average Bonchev–Trinajstić information content (AvgIpc) is 1.83. The molecule has 0 N–H and O–H groups in total. The molecule has 48 valence electrons. The fraction of sp³-hybridized carbons (Fsp3) is 0.333.